The molecule has 1 aromatic rings. The van der Waals surface area contributed by atoms with Crippen molar-refractivity contribution in [2.24, 2.45) is 11.3 Å². The number of hydrogen-bond donors (Lipinski definition) is 0. The summed E-state index contributed by atoms with van der Waals surface area (Å²) in [5.74, 6) is 0.871. The van der Waals surface area contributed by atoms with Crippen LogP contribution in [0.25, 0.3) is 0 Å². The smallest absolute Gasteiger partial charge is 0.223 e. The Balaban J connectivity index is 1.51. The summed E-state index contributed by atoms with van der Waals surface area (Å²) in [7, 11) is 0. The molecule has 0 bridgehead atoms. The van der Waals surface area contributed by atoms with E-state index in [1.807, 2.05) is 15.8 Å². The van der Waals surface area contributed by atoms with Gasteiger partial charge < -0.3 is 4.90 Å². The van der Waals surface area contributed by atoms with E-state index in [1.165, 1.54) is 25.7 Å². The minimum Gasteiger partial charge on any atom is -0.338 e. The zero-order valence-corrected chi connectivity index (χ0v) is 12.5. The van der Waals surface area contributed by atoms with Crippen molar-refractivity contribution in [2.45, 2.75) is 52.0 Å². The molecule has 2 fully saturated rings. The number of likely N-dealkylation sites (tertiary alicyclic amines) is 1. The van der Waals surface area contributed by atoms with E-state index in [9.17, 15) is 4.79 Å². The minimum absolute atomic E-state index is 0.320. The fraction of sp³-hybridized carbons (Fsp3) is 0.800. The molecule has 0 N–H and O–H groups in total. The summed E-state index contributed by atoms with van der Waals surface area (Å²) in [5, 5.41) is 7.82. The van der Waals surface area contributed by atoms with Gasteiger partial charge in [0.15, 0.2) is 0 Å². The zero-order chi connectivity index (χ0) is 14.2. The topological polar surface area (TPSA) is 51.0 Å². The van der Waals surface area contributed by atoms with E-state index in [1.54, 1.807) is 6.20 Å². The standard InChI is InChI=1S/C15H24N4O/c1-15(2)6-4-3-5-12(15)9-14(20)18-10-13(11-18)19-8-7-16-17-19/h7-8,12-13H,3-6,9-11H2,1-2H3. The number of carbonyl (C=O) groups excluding carboxylic acids is 1. The first kappa shape index (κ1) is 13.6. The van der Waals surface area contributed by atoms with Crippen LogP contribution in [0.4, 0.5) is 0 Å². The van der Waals surface area contributed by atoms with Gasteiger partial charge >= 0.3 is 0 Å². The molecular weight excluding hydrogens is 252 g/mol. The Labute approximate surface area is 120 Å². The van der Waals surface area contributed by atoms with Gasteiger partial charge in [0.2, 0.25) is 5.91 Å². The summed E-state index contributed by atoms with van der Waals surface area (Å²) < 4.78 is 1.86. The third kappa shape index (κ3) is 2.58. The van der Waals surface area contributed by atoms with E-state index in [4.69, 9.17) is 0 Å². The largest absolute Gasteiger partial charge is 0.338 e. The summed E-state index contributed by atoms with van der Waals surface area (Å²) >= 11 is 0. The van der Waals surface area contributed by atoms with Crippen LogP contribution in [0, 0.1) is 11.3 Å². The maximum Gasteiger partial charge on any atom is 0.223 e. The van der Waals surface area contributed by atoms with E-state index in [0.29, 0.717) is 23.3 Å². The first-order valence-electron chi connectivity index (χ1n) is 7.70. The van der Waals surface area contributed by atoms with Crippen LogP contribution in [0.3, 0.4) is 0 Å². The lowest BCUT2D eigenvalue weighted by molar-refractivity contribution is -0.139. The third-order valence-corrected chi connectivity index (χ3v) is 5.18. The van der Waals surface area contributed by atoms with Gasteiger partial charge in [0.05, 0.1) is 12.2 Å². The van der Waals surface area contributed by atoms with Crippen molar-refractivity contribution in [1.82, 2.24) is 19.9 Å². The van der Waals surface area contributed by atoms with E-state index in [0.717, 1.165) is 19.5 Å². The predicted molar refractivity (Wildman–Crippen MR) is 76.0 cm³/mol. The molecule has 1 saturated heterocycles. The fourth-order valence-electron chi connectivity index (χ4n) is 3.52. The van der Waals surface area contributed by atoms with E-state index in [2.05, 4.69) is 24.2 Å². The molecule has 5 heteroatoms. The van der Waals surface area contributed by atoms with Gasteiger partial charge in [-0.25, -0.2) is 4.68 Å². The molecule has 0 radical (unpaired) electrons. The monoisotopic (exact) mass is 276 g/mol. The number of amides is 1. The molecule has 5 nitrogen and oxygen atoms in total. The summed E-state index contributed by atoms with van der Waals surface area (Å²) in [4.78, 5) is 14.3. The van der Waals surface area contributed by atoms with Crippen molar-refractivity contribution in [3.8, 4) is 0 Å². The van der Waals surface area contributed by atoms with E-state index < -0.39 is 0 Å². The highest BCUT2D eigenvalue weighted by Crippen LogP contribution is 2.42. The Kier molecular flexibility index (Phi) is 3.52. The van der Waals surface area contributed by atoms with Gasteiger partial charge in [-0.3, -0.25) is 4.79 Å². The number of rotatable bonds is 3. The molecule has 1 unspecified atom stereocenters. The first-order chi connectivity index (χ1) is 9.56. The molecule has 1 aliphatic heterocycles. The van der Waals surface area contributed by atoms with Crippen molar-refractivity contribution in [1.29, 1.82) is 0 Å². The summed E-state index contributed by atoms with van der Waals surface area (Å²) in [6.07, 6.45) is 9.34. The van der Waals surface area contributed by atoms with Crippen LogP contribution < -0.4 is 0 Å². The van der Waals surface area contributed by atoms with Crippen LogP contribution in [0.1, 0.15) is 52.0 Å². The lowest BCUT2D eigenvalue weighted by Crippen LogP contribution is -2.51. The van der Waals surface area contributed by atoms with Gasteiger partial charge in [0.25, 0.3) is 0 Å². The SMILES string of the molecule is CC1(C)CCCCC1CC(=O)N1CC(n2ccnn2)C1. The summed E-state index contributed by atoms with van der Waals surface area (Å²) in [5.41, 5.74) is 0.323. The lowest BCUT2D eigenvalue weighted by Gasteiger charge is -2.42. The molecule has 1 amide bonds. The molecule has 1 aromatic heterocycles. The van der Waals surface area contributed by atoms with Gasteiger partial charge in [-0.05, 0) is 24.2 Å². The average Bonchev–Trinajstić information content (AvgIpc) is 2.83. The van der Waals surface area contributed by atoms with Crippen molar-refractivity contribution in [3.05, 3.63) is 12.4 Å². The van der Waals surface area contributed by atoms with Gasteiger partial charge in [0.1, 0.15) is 0 Å². The quantitative estimate of drug-likeness (QED) is 0.851. The predicted octanol–water partition coefficient (Wildman–Crippen LogP) is 2.27. The first-order valence-corrected chi connectivity index (χ1v) is 7.70. The van der Waals surface area contributed by atoms with Gasteiger partial charge in [0, 0.05) is 25.7 Å². The second kappa shape index (κ2) is 5.19. The maximum atomic E-state index is 12.4. The molecular formula is C15H24N4O. The minimum atomic E-state index is 0.320. The normalized spacial score (nSPS) is 26.3. The van der Waals surface area contributed by atoms with Gasteiger partial charge in [-0.1, -0.05) is 31.9 Å². The Morgan fingerprint density at radius 2 is 2.15 bits per heavy atom. The van der Waals surface area contributed by atoms with E-state index >= 15 is 0 Å². The Morgan fingerprint density at radius 1 is 1.35 bits per heavy atom. The molecule has 0 aromatic carbocycles. The second-order valence-corrected chi connectivity index (χ2v) is 6.97. The van der Waals surface area contributed by atoms with Crippen LogP contribution in [-0.4, -0.2) is 38.9 Å². The molecule has 2 aliphatic rings. The van der Waals surface area contributed by atoms with Crippen molar-refractivity contribution in [3.63, 3.8) is 0 Å². The Morgan fingerprint density at radius 3 is 2.80 bits per heavy atom. The maximum absolute atomic E-state index is 12.4. The number of hydrogen-bond acceptors (Lipinski definition) is 3. The van der Waals surface area contributed by atoms with Gasteiger partial charge in [-0.15, -0.1) is 5.10 Å². The van der Waals surface area contributed by atoms with Crippen LogP contribution in [-0.2, 0) is 4.79 Å². The second-order valence-electron chi connectivity index (χ2n) is 6.97. The third-order valence-electron chi connectivity index (χ3n) is 5.18. The van der Waals surface area contributed by atoms with Crippen LogP contribution in [0.5, 0.6) is 0 Å². The summed E-state index contributed by atoms with van der Waals surface area (Å²) in [6.45, 7) is 6.21. The number of carbonyl (C=O) groups is 1. The summed E-state index contributed by atoms with van der Waals surface area (Å²) in [6, 6.07) is 0.320. The molecule has 110 valence electrons. The van der Waals surface area contributed by atoms with Crippen LogP contribution >= 0.6 is 0 Å². The van der Waals surface area contributed by atoms with E-state index in [-0.39, 0.29) is 0 Å². The highest BCUT2D eigenvalue weighted by Gasteiger charge is 2.37. The van der Waals surface area contributed by atoms with Crippen LogP contribution in [0.15, 0.2) is 12.4 Å². The van der Waals surface area contributed by atoms with Crippen molar-refractivity contribution in [2.75, 3.05) is 13.1 Å². The molecule has 0 spiro atoms. The Hall–Kier alpha value is -1.39. The van der Waals surface area contributed by atoms with Crippen molar-refractivity contribution < 1.29 is 4.79 Å². The molecule has 1 saturated carbocycles. The number of nitrogens with zero attached hydrogens (tertiary/aromatic N) is 4. The highest BCUT2D eigenvalue weighted by molar-refractivity contribution is 5.77. The van der Waals surface area contributed by atoms with Crippen LogP contribution in [0.2, 0.25) is 0 Å². The molecule has 3 rings (SSSR count). The molecule has 20 heavy (non-hydrogen) atoms. The average molecular weight is 276 g/mol. The number of aromatic nitrogens is 3. The lowest BCUT2D eigenvalue weighted by atomic mass is 9.67. The van der Waals surface area contributed by atoms with Gasteiger partial charge in [-0.2, -0.15) is 0 Å². The molecule has 1 atom stereocenters. The highest BCUT2D eigenvalue weighted by atomic mass is 16.2. The fourth-order valence-corrected chi connectivity index (χ4v) is 3.52. The Bertz CT molecular complexity index is 462. The molecule has 1 aliphatic carbocycles. The van der Waals surface area contributed by atoms with Crippen molar-refractivity contribution >= 4 is 5.91 Å². The molecule has 2 heterocycles. The zero-order valence-electron chi connectivity index (χ0n) is 12.5.